The molecule has 0 heterocycles. The summed E-state index contributed by atoms with van der Waals surface area (Å²) in [7, 11) is 1.30. The predicted octanol–water partition coefficient (Wildman–Crippen LogP) is 2.29. The van der Waals surface area contributed by atoms with Crippen LogP contribution in [0.15, 0.2) is 48.5 Å². The third-order valence-electron chi connectivity index (χ3n) is 3.14. The number of nitro benzene ring substituents is 1. The van der Waals surface area contributed by atoms with Gasteiger partial charge in [0, 0.05) is 6.07 Å². The lowest BCUT2D eigenvalue weighted by molar-refractivity contribution is -0.385. The number of hydrogen-bond acceptors (Lipinski definition) is 7. The van der Waals surface area contributed by atoms with Crippen LogP contribution in [0.25, 0.3) is 0 Å². The topological polar surface area (TPSA) is 105 Å². The number of hydrogen-bond donors (Lipinski definition) is 0. The normalized spacial score (nSPS) is 9.96. The first-order valence-corrected chi connectivity index (χ1v) is 7.22. The molecule has 8 heteroatoms. The maximum Gasteiger partial charge on any atom is 0.349 e. The van der Waals surface area contributed by atoms with E-state index in [2.05, 4.69) is 4.74 Å². The maximum absolute atomic E-state index is 11.8. The molecule has 2 aromatic rings. The van der Waals surface area contributed by atoms with Gasteiger partial charge in [0.25, 0.3) is 0 Å². The second kappa shape index (κ2) is 8.44. The fourth-order valence-corrected chi connectivity index (χ4v) is 1.94. The van der Waals surface area contributed by atoms with Gasteiger partial charge in [-0.1, -0.05) is 24.3 Å². The Labute approximate surface area is 143 Å². The number of benzene rings is 2. The van der Waals surface area contributed by atoms with Crippen LogP contribution in [-0.2, 0) is 20.7 Å². The van der Waals surface area contributed by atoms with Gasteiger partial charge in [-0.15, -0.1) is 0 Å². The number of nitrogens with zero attached hydrogens (tertiary/aromatic N) is 1. The smallest absolute Gasteiger partial charge is 0.349 e. The fraction of sp³-hybridized carbons (Fsp3) is 0.176. The van der Waals surface area contributed by atoms with Crippen molar-refractivity contribution in [1.82, 2.24) is 0 Å². The summed E-state index contributed by atoms with van der Waals surface area (Å²) in [6, 6.07) is 12.0. The average Bonchev–Trinajstić information content (AvgIpc) is 2.61. The molecule has 0 aliphatic carbocycles. The standard InChI is InChI=1S/C17H15NO7/c1-23-16(19)10-12-6-8-13(9-7-12)25-17(20)11-24-15-5-3-2-4-14(15)18(21)22/h2-9H,10-11H2,1H3. The molecule has 0 spiro atoms. The molecular formula is C17H15NO7. The van der Waals surface area contributed by atoms with Gasteiger partial charge in [0.15, 0.2) is 12.4 Å². The van der Waals surface area contributed by atoms with Gasteiger partial charge in [0.2, 0.25) is 0 Å². The number of nitro groups is 1. The zero-order valence-electron chi connectivity index (χ0n) is 13.3. The molecule has 2 rings (SSSR count). The summed E-state index contributed by atoms with van der Waals surface area (Å²) in [6.45, 7) is -0.477. The Hall–Kier alpha value is -3.42. The van der Waals surface area contributed by atoms with Gasteiger partial charge >= 0.3 is 17.6 Å². The van der Waals surface area contributed by atoms with E-state index in [1.54, 1.807) is 18.2 Å². The van der Waals surface area contributed by atoms with Crippen molar-refractivity contribution in [3.8, 4) is 11.5 Å². The molecule has 0 aliphatic heterocycles. The molecule has 0 atom stereocenters. The summed E-state index contributed by atoms with van der Waals surface area (Å²) in [5.74, 6) is -0.830. The van der Waals surface area contributed by atoms with E-state index in [0.29, 0.717) is 5.56 Å². The van der Waals surface area contributed by atoms with Crippen LogP contribution in [0, 0.1) is 10.1 Å². The minimum absolute atomic E-state index is 0.0159. The van der Waals surface area contributed by atoms with Crippen molar-refractivity contribution in [2.24, 2.45) is 0 Å². The Morgan fingerprint density at radius 2 is 1.72 bits per heavy atom. The van der Waals surface area contributed by atoms with Crippen molar-refractivity contribution in [2.45, 2.75) is 6.42 Å². The quantitative estimate of drug-likeness (QED) is 0.328. The first-order chi connectivity index (χ1) is 12.0. The number of rotatable bonds is 7. The minimum Gasteiger partial charge on any atom is -0.475 e. The second-order valence-electron chi connectivity index (χ2n) is 4.88. The largest absolute Gasteiger partial charge is 0.475 e. The van der Waals surface area contributed by atoms with Crippen LogP contribution in [0.3, 0.4) is 0 Å². The highest BCUT2D eigenvalue weighted by atomic mass is 16.6. The first-order valence-electron chi connectivity index (χ1n) is 7.22. The molecule has 0 bridgehead atoms. The number of carbonyl (C=O) groups is 2. The van der Waals surface area contributed by atoms with Gasteiger partial charge in [-0.25, -0.2) is 4.79 Å². The number of carbonyl (C=O) groups excluding carboxylic acids is 2. The van der Waals surface area contributed by atoms with Crippen LogP contribution in [0.2, 0.25) is 0 Å². The van der Waals surface area contributed by atoms with Crippen LogP contribution in [0.5, 0.6) is 11.5 Å². The van der Waals surface area contributed by atoms with Crippen molar-refractivity contribution in [2.75, 3.05) is 13.7 Å². The predicted molar refractivity (Wildman–Crippen MR) is 86.4 cm³/mol. The van der Waals surface area contributed by atoms with E-state index in [9.17, 15) is 19.7 Å². The van der Waals surface area contributed by atoms with Crippen LogP contribution in [0.1, 0.15) is 5.56 Å². The van der Waals surface area contributed by atoms with Gasteiger partial charge in [0.05, 0.1) is 18.5 Å². The summed E-state index contributed by atoms with van der Waals surface area (Å²) in [5.41, 5.74) is 0.477. The highest BCUT2D eigenvalue weighted by Crippen LogP contribution is 2.25. The fourth-order valence-electron chi connectivity index (χ4n) is 1.94. The molecule has 25 heavy (non-hydrogen) atoms. The molecule has 0 unspecified atom stereocenters. The van der Waals surface area contributed by atoms with Crippen LogP contribution in [-0.4, -0.2) is 30.6 Å². The van der Waals surface area contributed by atoms with E-state index in [-0.39, 0.29) is 29.6 Å². The zero-order valence-corrected chi connectivity index (χ0v) is 13.3. The molecule has 0 amide bonds. The molecule has 130 valence electrons. The molecule has 8 nitrogen and oxygen atoms in total. The summed E-state index contributed by atoms with van der Waals surface area (Å²) in [4.78, 5) is 33.2. The number of methoxy groups -OCH3 is 1. The van der Waals surface area contributed by atoms with Gasteiger partial charge in [0.1, 0.15) is 5.75 Å². The maximum atomic E-state index is 11.8. The number of esters is 2. The van der Waals surface area contributed by atoms with E-state index >= 15 is 0 Å². The highest BCUT2D eigenvalue weighted by Gasteiger charge is 2.15. The van der Waals surface area contributed by atoms with E-state index in [1.807, 2.05) is 0 Å². The number of para-hydroxylation sites is 2. The Morgan fingerprint density at radius 3 is 2.36 bits per heavy atom. The average molecular weight is 345 g/mol. The number of ether oxygens (including phenoxy) is 3. The van der Waals surface area contributed by atoms with Gasteiger partial charge < -0.3 is 14.2 Å². The van der Waals surface area contributed by atoms with Crippen LogP contribution in [0.4, 0.5) is 5.69 Å². The van der Waals surface area contributed by atoms with Crippen LogP contribution < -0.4 is 9.47 Å². The SMILES string of the molecule is COC(=O)Cc1ccc(OC(=O)COc2ccccc2[N+](=O)[O-])cc1. The van der Waals surface area contributed by atoms with Crippen LogP contribution >= 0.6 is 0 Å². The molecule has 0 radical (unpaired) electrons. The van der Waals surface area contributed by atoms with Gasteiger partial charge in [-0.3, -0.25) is 14.9 Å². The summed E-state index contributed by atoms with van der Waals surface area (Å²) in [6.07, 6.45) is 0.117. The molecule has 2 aromatic carbocycles. The Morgan fingerprint density at radius 1 is 1.04 bits per heavy atom. The Bertz CT molecular complexity index is 771. The van der Waals surface area contributed by atoms with E-state index in [1.165, 1.54) is 37.4 Å². The first kappa shape index (κ1) is 17.9. The van der Waals surface area contributed by atoms with Crippen molar-refractivity contribution < 1.29 is 28.7 Å². The lowest BCUT2D eigenvalue weighted by Crippen LogP contribution is -2.18. The Balaban J connectivity index is 1.90. The van der Waals surface area contributed by atoms with Crippen molar-refractivity contribution in [3.05, 3.63) is 64.2 Å². The molecule has 0 saturated heterocycles. The lowest BCUT2D eigenvalue weighted by Gasteiger charge is -2.07. The summed E-state index contributed by atoms with van der Waals surface area (Å²) < 4.78 is 14.8. The second-order valence-corrected chi connectivity index (χ2v) is 4.88. The summed E-state index contributed by atoms with van der Waals surface area (Å²) >= 11 is 0. The monoisotopic (exact) mass is 345 g/mol. The third kappa shape index (κ3) is 5.31. The van der Waals surface area contributed by atoms with E-state index in [4.69, 9.17) is 9.47 Å². The van der Waals surface area contributed by atoms with Crippen molar-refractivity contribution in [1.29, 1.82) is 0 Å². The zero-order chi connectivity index (χ0) is 18.2. The van der Waals surface area contributed by atoms with E-state index in [0.717, 1.165) is 0 Å². The van der Waals surface area contributed by atoms with Crippen molar-refractivity contribution in [3.63, 3.8) is 0 Å². The highest BCUT2D eigenvalue weighted by molar-refractivity contribution is 5.74. The van der Waals surface area contributed by atoms with Gasteiger partial charge in [-0.05, 0) is 23.8 Å². The molecule has 0 fully saturated rings. The third-order valence-corrected chi connectivity index (χ3v) is 3.14. The van der Waals surface area contributed by atoms with Gasteiger partial charge in [-0.2, -0.15) is 0 Å². The molecule has 0 N–H and O–H groups in total. The molecule has 0 aliphatic rings. The molecule has 0 aromatic heterocycles. The van der Waals surface area contributed by atoms with Crippen molar-refractivity contribution >= 4 is 17.6 Å². The minimum atomic E-state index is -0.709. The Kier molecular flexibility index (Phi) is 6.05. The summed E-state index contributed by atoms with van der Waals surface area (Å²) in [5, 5.41) is 10.9. The molecule has 0 saturated carbocycles. The lowest BCUT2D eigenvalue weighted by atomic mass is 10.1. The van der Waals surface area contributed by atoms with E-state index < -0.39 is 17.5 Å². The molecular weight excluding hydrogens is 330 g/mol.